The maximum Gasteiger partial charge on any atom is 0.243 e. The van der Waals surface area contributed by atoms with Crippen molar-refractivity contribution >= 4 is 28.5 Å². The first-order valence-corrected chi connectivity index (χ1v) is 9.91. The van der Waals surface area contributed by atoms with Gasteiger partial charge in [-0.05, 0) is 28.0 Å². The average Bonchev–Trinajstić information content (AvgIpc) is 2.73. The van der Waals surface area contributed by atoms with Gasteiger partial charge in [-0.15, -0.1) is 0 Å². The first kappa shape index (κ1) is 22.0. The van der Waals surface area contributed by atoms with Crippen molar-refractivity contribution < 1.29 is 18.8 Å². The number of amides is 3. The number of rotatable bonds is 8. The molecule has 0 radical (unpaired) electrons. The highest BCUT2D eigenvalue weighted by molar-refractivity contribution is 5.91. The zero-order chi connectivity index (χ0) is 22.4. The highest BCUT2D eigenvalue weighted by Crippen LogP contribution is 2.17. The van der Waals surface area contributed by atoms with Gasteiger partial charge in [-0.2, -0.15) is 0 Å². The molecule has 0 aliphatic carbocycles. The van der Waals surface area contributed by atoms with Gasteiger partial charge in [0, 0.05) is 19.8 Å². The van der Waals surface area contributed by atoms with Crippen LogP contribution in [0.3, 0.4) is 0 Å². The Morgan fingerprint density at radius 3 is 2.23 bits per heavy atom. The Hall–Kier alpha value is -3.74. The Morgan fingerprint density at radius 2 is 1.55 bits per heavy atom. The summed E-state index contributed by atoms with van der Waals surface area (Å²) in [6, 6.07) is 17.5. The molecule has 0 fully saturated rings. The van der Waals surface area contributed by atoms with E-state index >= 15 is 0 Å². The van der Waals surface area contributed by atoms with Crippen molar-refractivity contribution in [2.24, 2.45) is 5.73 Å². The molecule has 0 saturated heterocycles. The van der Waals surface area contributed by atoms with E-state index in [0.29, 0.717) is 0 Å². The molecular weight excluding hydrogens is 397 g/mol. The van der Waals surface area contributed by atoms with Gasteiger partial charge >= 0.3 is 0 Å². The molecule has 31 heavy (non-hydrogen) atoms. The Bertz CT molecular complexity index is 1120. The Morgan fingerprint density at radius 1 is 0.871 bits per heavy atom. The van der Waals surface area contributed by atoms with E-state index in [1.165, 1.54) is 19.1 Å². The molecule has 0 aliphatic rings. The van der Waals surface area contributed by atoms with Crippen LogP contribution in [0.5, 0.6) is 0 Å². The number of halogens is 1. The molecule has 0 unspecified atom stereocenters. The van der Waals surface area contributed by atoms with Crippen LogP contribution < -0.4 is 16.4 Å². The van der Waals surface area contributed by atoms with Crippen LogP contribution in [-0.4, -0.2) is 29.8 Å². The minimum absolute atomic E-state index is 0.0560. The van der Waals surface area contributed by atoms with Crippen LogP contribution in [0, 0.1) is 5.82 Å². The third-order valence-electron chi connectivity index (χ3n) is 4.99. The second-order valence-corrected chi connectivity index (χ2v) is 7.40. The summed E-state index contributed by atoms with van der Waals surface area (Å²) in [5.41, 5.74) is 6.63. The van der Waals surface area contributed by atoms with Gasteiger partial charge in [0.25, 0.3) is 0 Å². The molecule has 3 aromatic rings. The van der Waals surface area contributed by atoms with Gasteiger partial charge in [-0.3, -0.25) is 14.4 Å². The fourth-order valence-electron chi connectivity index (χ4n) is 3.44. The molecule has 3 rings (SSSR count). The predicted octanol–water partition coefficient (Wildman–Crippen LogP) is 2.24. The second kappa shape index (κ2) is 9.84. The van der Waals surface area contributed by atoms with Crippen LogP contribution in [0.15, 0.2) is 66.7 Å². The van der Waals surface area contributed by atoms with Gasteiger partial charge in [0.05, 0.1) is 0 Å². The summed E-state index contributed by atoms with van der Waals surface area (Å²) in [6.45, 7) is 1.27. The van der Waals surface area contributed by atoms with Crippen molar-refractivity contribution in [3.05, 3.63) is 83.7 Å². The molecule has 0 saturated carbocycles. The number of primary amides is 1. The monoisotopic (exact) mass is 421 g/mol. The Kier molecular flexibility index (Phi) is 6.97. The number of nitrogens with one attached hydrogen (secondary N) is 2. The molecule has 2 atom stereocenters. The third-order valence-corrected chi connectivity index (χ3v) is 4.99. The average molecular weight is 421 g/mol. The standard InChI is InChI=1S/C24H24FN3O3/c1-15(29)27-22(14-19-8-4-5-9-20(19)25)24(31)28-21(23(26)30)13-16-10-11-17-6-2-3-7-18(17)12-16/h2-12,21-22H,13-14H2,1H3,(H2,26,30)(H,27,29)(H,28,31)/t21-,22-/m0/s1. The normalized spacial score (nSPS) is 12.7. The zero-order valence-electron chi connectivity index (χ0n) is 17.1. The lowest BCUT2D eigenvalue weighted by molar-refractivity contribution is -0.130. The lowest BCUT2D eigenvalue weighted by Crippen LogP contribution is -2.54. The minimum Gasteiger partial charge on any atom is -0.368 e. The SMILES string of the molecule is CC(=O)N[C@@H](Cc1ccccc1F)C(=O)N[C@@H](Cc1ccc2ccccc2c1)C(N)=O. The summed E-state index contributed by atoms with van der Waals surface area (Å²) in [5.74, 6) is -2.23. The van der Waals surface area contributed by atoms with Crippen molar-refractivity contribution in [1.82, 2.24) is 10.6 Å². The van der Waals surface area contributed by atoms with E-state index in [0.717, 1.165) is 16.3 Å². The topological polar surface area (TPSA) is 101 Å². The Labute approximate surface area is 179 Å². The second-order valence-electron chi connectivity index (χ2n) is 7.40. The molecule has 4 N–H and O–H groups in total. The number of benzene rings is 3. The van der Waals surface area contributed by atoms with Crippen LogP contribution in [0.4, 0.5) is 4.39 Å². The number of carbonyl (C=O) groups is 3. The van der Waals surface area contributed by atoms with Crippen molar-refractivity contribution in [3.63, 3.8) is 0 Å². The van der Waals surface area contributed by atoms with Crippen LogP contribution >= 0.6 is 0 Å². The Balaban J connectivity index is 1.76. The third kappa shape index (κ3) is 5.88. The van der Waals surface area contributed by atoms with Crippen LogP contribution in [-0.2, 0) is 27.2 Å². The summed E-state index contributed by atoms with van der Waals surface area (Å²) in [5, 5.41) is 7.19. The predicted molar refractivity (Wildman–Crippen MR) is 116 cm³/mol. The highest BCUT2D eigenvalue weighted by Gasteiger charge is 2.26. The first-order valence-electron chi connectivity index (χ1n) is 9.91. The smallest absolute Gasteiger partial charge is 0.243 e. The van der Waals surface area contributed by atoms with Gasteiger partial charge in [-0.1, -0.05) is 60.7 Å². The number of nitrogens with two attached hydrogens (primary N) is 1. The van der Waals surface area contributed by atoms with Crippen molar-refractivity contribution in [2.75, 3.05) is 0 Å². The number of fused-ring (bicyclic) bond motifs is 1. The van der Waals surface area contributed by atoms with E-state index in [9.17, 15) is 18.8 Å². The molecule has 0 heterocycles. The first-order chi connectivity index (χ1) is 14.8. The van der Waals surface area contributed by atoms with Gasteiger partial charge in [0.2, 0.25) is 17.7 Å². The minimum atomic E-state index is -1.05. The van der Waals surface area contributed by atoms with E-state index in [1.807, 2.05) is 42.5 Å². The molecular formula is C24H24FN3O3. The van der Waals surface area contributed by atoms with E-state index in [1.54, 1.807) is 12.1 Å². The molecule has 0 spiro atoms. The largest absolute Gasteiger partial charge is 0.368 e. The van der Waals surface area contributed by atoms with Gasteiger partial charge < -0.3 is 16.4 Å². The summed E-state index contributed by atoms with van der Waals surface area (Å²) in [4.78, 5) is 36.5. The van der Waals surface area contributed by atoms with Crippen LogP contribution in [0.2, 0.25) is 0 Å². The molecule has 0 aliphatic heterocycles. The van der Waals surface area contributed by atoms with Gasteiger partial charge in [0.15, 0.2) is 0 Å². The van der Waals surface area contributed by atoms with E-state index in [2.05, 4.69) is 10.6 Å². The van der Waals surface area contributed by atoms with Crippen molar-refractivity contribution in [3.8, 4) is 0 Å². The lowest BCUT2D eigenvalue weighted by atomic mass is 10.00. The highest BCUT2D eigenvalue weighted by atomic mass is 19.1. The summed E-state index contributed by atoms with van der Waals surface area (Å²) < 4.78 is 14.0. The van der Waals surface area contributed by atoms with E-state index < -0.39 is 35.6 Å². The molecule has 0 aromatic heterocycles. The van der Waals surface area contributed by atoms with Crippen molar-refractivity contribution in [1.29, 1.82) is 0 Å². The van der Waals surface area contributed by atoms with Gasteiger partial charge in [0.1, 0.15) is 17.9 Å². The molecule has 7 heteroatoms. The molecule has 3 aromatic carbocycles. The molecule has 0 bridgehead atoms. The van der Waals surface area contributed by atoms with E-state index in [-0.39, 0.29) is 18.4 Å². The summed E-state index contributed by atoms with van der Waals surface area (Å²) in [6.07, 6.45) is 0.137. The van der Waals surface area contributed by atoms with E-state index in [4.69, 9.17) is 5.73 Å². The summed E-state index contributed by atoms with van der Waals surface area (Å²) >= 11 is 0. The zero-order valence-corrected chi connectivity index (χ0v) is 17.1. The maximum absolute atomic E-state index is 14.0. The maximum atomic E-state index is 14.0. The van der Waals surface area contributed by atoms with Crippen LogP contribution in [0.1, 0.15) is 18.1 Å². The fourth-order valence-corrected chi connectivity index (χ4v) is 3.44. The summed E-state index contributed by atoms with van der Waals surface area (Å²) in [7, 11) is 0. The number of hydrogen-bond acceptors (Lipinski definition) is 3. The van der Waals surface area contributed by atoms with Crippen LogP contribution in [0.25, 0.3) is 10.8 Å². The van der Waals surface area contributed by atoms with Crippen molar-refractivity contribution in [2.45, 2.75) is 31.8 Å². The molecule has 3 amide bonds. The quantitative estimate of drug-likeness (QED) is 0.520. The molecule has 6 nitrogen and oxygen atoms in total. The lowest BCUT2D eigenvalue weighted by Gasteiger charge is -2.22. The molecule has 160 valence electrons. The fraction of sp³-hybridized carbons (Fsp3) is 0.208. The van der Waals surface area contributed by atoms with Gasteiger partial charge in [-0.25, -0.2) is 4.39 Å². The number of carbonyl (C=O) groups excluding carboxylic acids is 3. The number of hydrogen-bond donors (Lipinski definition) is 3.